The minimum absolute atomic E-state index is 0.0738. The van der Waals surface area contributed by atoms with Gasteiger partial charge in [0.25, 0.3) is 0 Å². The summed E-state index contributed by atoms with van der Waals surface area (Å²) in [5.74, 6) is -1.38. The quantitative estimate of drug-likeness (QED) is 0.626. The van der Waals surface area contributed by atoms with Crippen molar-refractivity contribution in [2.45, 2.75) is 23.4 Å². The lowest BCUT2D eigenvalue weighted by Crippen LogP contribution is -2.40. The van der Waals surface area contributed by atoms with Crippen molar-refractivity contribution in [2.24, 2.45) is 0 Å². The highest BCUT2D eigenvalue weighted by Gasteiger charge is 2.48. The summed E-state index contributed by atoms with van der Waals surface area (Å²) in [5, 5.41) is 19.8. The highest BCUT2D eigenvalue weighted by molar-refractivity contribution is 7.89. The Bertz CT molecular complexity index is 630. The van der Waals surface area contributed by atoms with Crippen LogP contribution in [0, 0.1) is 10.1 Å². The van der Waals surface area contributed by atoms with Crippen molar-refractivity contribution >= 4 is 16.0 Å². The standard InChI is InChI=1S/C11H12N2O6S/c14-11(15)10-6-8(13(16)17)7-12(10)20(18,19)9-4-2-1-3-5-9/h1-5,8,10H,6-7H2,(H,14,15)/t8?,10-/m0/s1. The molecule has 2 rings (SSSR count). The lowest BCUT2D eigenvalue weighted by atomic mass is 10.2. The normalized spacial score (nSPS) is 23.6. The topological polar surface area (TPSA) is 118 Å². The van der Waals surface area contributed by atoms with Crippen molar-refractivity contribution in [1.29, 1.82) is 0 Å². The van der Waals surface area contributed by atoms with Gasteiger partial charge in [0.1, 0.15) is 6.04 Å². The van der Waals surface area contributed by atoms with Gasteiger partial charge >= 0.3 is 5.97 Å². The second-order valence-electron chi connectivity index (χ2n) is 4.42. The Morgan fingerprint density at radius 2 is 1.95 bits per heavy atom. The van der Waals surface area contributed by atoms with Crippen LogP contribution in [0.25, 0.3) is 0 Å². The van der Waals surface area contributed by atoms with Gasteiger partial charge in [0.2, 0.25) is 16.1 Å². The van der Waals surface area contributed by atoms with Gasteiger partial charge in [-0.3, -0.25) is 14.9 Å². The highest BCUT2D eigenvalue weighted by atomic mass is 32.2. The zero-order chi connectivity index (χ0) is 14.9. The second kappa shape index (κ2) is 5.17. The predicted molar refractivity (Wildman–Crippen MR) is 67.2 cm³/mol. The summed E-state index contributed by atoms with van der Waals surface area (Å²) in [5.41, 5.74) is 0. The first-order valence-electron chi connectivity index (χ1n) is 5.77. The zero-order valence-electron chi connectivity index (χ0n) is 10.2. The van der Waals surface area contributed by atoms with Crippen LogP contribution in [0.4, 0.5) is 0 Å². The summed E-state index contributed by atoms with van der Waals surface area (Å²) in [6.07, 6.45) is -0.325. The van der Waals surface area contributed by atoms with Gasteiger partial charge in [0.15, 0.2) is 0 Å². The van der Waals surface area contributed by atoms with E-state index in [-0.39, 0.29) is 11.3 Å². The van der Waals surface area contributed by atoms with Crippen molar-refractivity contribution in [1.82, 2.24) is 4.31 Å². The Labute approximate surface area is 114 Å². The van der Waals surface area contributed by atoms with E-state index in [2.05, 4.69) is 0 Å². The van der Waals surface area contributed by atoms with Gasteiger partial charge in [-0.1, -0.05) is 18.2 Å². The molecule has 0 bridgehead atoms. The summed E-state index contributed by atoms with van der Waals surface area (Å²) in [6, 6.07) is 4.68. The number of benzene rings is 1. The van der Waals surface area contributed by atoms with Crippen molar-refractivity contribution < 1.29 is 23.2 Å². The molecule has 1 unspecified atom stereocenters. The van der Waals surface area contributed by atoms with E-state index in [9.17, 15) is 23.3 Å². The molecule has 1 heterocycles. The van der Waals surface area contributed by atoms with E-state index in [0.717, 1.165) is 0 Å². The smallest absolute Gasteiger partial charge is 0.322 e. The maximum absolute atomic E-state index is 12.4. The molecule has 2 atom stereocenters. The zero-order valence-corrected chi connectivity index (χ0v) is 11.1. The predicted octanol–water partition coefficient (Wildman–Crippen LogP) is 0.180. The molecule has 0 aliphatic carbocycles. The first-order chi connectivity index (χ1) is 9.34. The van der Waals surface area contributed by atoms with E-state index in [1.54, 1.807) is 6.07 Å². The molecule has 0 amide bonds. The molecule has 1 aliphatic heterocycles. The fourth-order valence-corrected chi connectivity index (χ4v) is 3.81. The summed E-state index contributed by atoms with van der Waals surface area (Å²) in [6.45, 7) is -0.429. The van der Waals surface area contributed by atoms with Crippen LogP contribution >= 0.6 is 0 Å². The number of carboxylic acid groups (broad SMARTS) is 1. The molecule has 1 N–H and O–H groups in total. The molecule has 1 aromatic rings. The molecule has 0 aromatic heterocycles. The SMILES string of the molecule is O=C(O)[C@@H]1CC([N+](=O)[O-])CN1S(=O)(=O)c1ccccc1. The number of carbonyl (C=O) groups is 1. The molecule has 1 aliphatic rings. The fourth-order valence-electron chi connectivity index (χ4n) is 2.15. The van der Waals surface area contributed by atoms with Crippen LogP contribution in [0.1, 0.15) is 6.42 Å². The molecule has 1 saturated heterocycles. The van der Waals surface area contributed by atoms with Gasteiger partial charge in [0.05, 0.1) is 11.4 Å². The fraction of sp³-hybridized carbons (Fsp3) is 0.364. The molecule has 1 aromatic carbocycles. The maximum atomic E-state index is 12.4. The summed E-state index contributed by atoms with van der Waals surface area (Å²) in [7, 11) is -4.05. The third-order valence-electron chi connectivity index (χ3n) is 3.17. The third kappa shape index (κ3) is 2.49. The van der Waals surface area contributed by atoms with Crippen LogP contribution in [-0.4, -0.2) is 47.4 Å². The Hall–Kier alpha value is -2.00. The Morgan fingerprint density at radius 3 is 2.45 bits per heavy atom. The number of nitrogens with zero attached hydrogens (tertiary/aromatic N) is 2. The van der Waals surface area contributed by atoms with E-state index in [1.165, 1.54) is 24.3 Å². The number of sulfonamides is 1. The van der Waals surface area contributed by atoms with Gasteiger partial charge in [-0.25, -0.2) is 8.42 Å². The number of hydrogen-bond donors (Lipinski definition) is 1. The lowest BCUT2D eigenvalue weighted by molar-refractivity contribution is -0.517. The van der Waals surface area contributed by atoms with Crippen molar-refractivity contribution in [3.63, 3.8) is 0 Å². The second-order valence-corrected chi connectivity index (χ2v) is 6.31. The first kappa shape index (κ1) is 14.4. The lowest BCUT2D eigenvalue weighted by Gasteiger charge is -2.19. The molecular formula is C11H12N2O6S. The minimum atomic E-state index is -4.05. The van der Waals surface area contributed by atoms with Crippen molar-refractivity contribution in [2.75, 3.05) is 6.54 Å². The molecule has 0 spiro atoms. The third-order valence-corrected chi connectivity index (χ3v) is 5.06. The van der Waals surface area contributed by atoms with Crippen LogP contribution in [0.3, 0.4) is 0 Å². The summed E-state index contributed by atoms with van der Waals surface area (Å²) >= 11 is 0. The number of hydrogen-bond acceptors (Lipinski definition) is 5. The van der Waals surface area contributed by atoms with Crippen LogP contribution in [0.5, 0.6) is 0 Å². The minimum Gasteiger partial charge on any atom is -0.480 e. The monoisotopic (exact) mass is 300 g/mol. The van der Waals surface area contributed by atoms with E-state index in [1.807, 2.05) is 0 Å². The average Bonchev–Trinajstić information content (AvgIpc) is 2.86. The Kier molecular flexibility index (Phi) is 3.73. The molecule has 0 radical (unpaired) electrons. The van der Waals surface area contributed by atoms with Crippen molar-refractivity contribution in [3.8, 4) is 0 Å². The van der Waals surface area contributed by atoms with Crippen LogP contribution in [0.2, 0.25) is 0 Å². The Morgan fingerprint density at radius 1 is 1.35 bits per heavy atom. The van der Waals surface area contributed by atoms with Gasteiger partial charge in [-0.15, -0.1) is 0 Å². The molecule has 20 heavy (non-hydrogen) atoms. The van der Waals surface area contributed by atoms with Crippen LogP contribution < -0.4 is 0 Å². The largest absolute Gasteiger partial charge is 0.480 e. The number of nitro groups is 1. The van der Waals surface area contributed by atoms with E-state index in [4.69, 9.17) is 5.11 Å². The molecule has 9 heteroatoms. The average molecular weight is 300 g/mol. The summed E-state index contributed by atoms with van der Waals surface area (Å²) in [4.78, 5) is 21.2. The molecule has 108 valence electrons. The van der Waals surface area contributed by atoms with Gasteiger partial charge in [-0.2, -0.15) is 4.31 Å². The van der Waals surface area contributed by atoms with E-state index < -0.39 is 39.5 Å². The highest BCUT2D eigenvalue weighted by Crippen LogP contribution is 2.27. The van der Waals surface area contributed by atoms with Gasteiger partial charge < -0.3 is 5.11 Å². The van der Waals surface area contributed by atoms with E-state index in [0.29, 0.717) is 4.31 Å². The number of aliphatic carboxylic acids is 1. The number of carboxylic acids is 1. The maximum Gasteiger partial charge on any atom is 0.322 e. The first-order valence-corrected chi connectivity index (χ1v) is 7.21. The summed E-state index contributed by atoms with van der Waals surface area (Å²) < 4.78 is 25.4. The molecule has 0 saturated carbocycles. The Balaban J connectivity index is 2.39. The van der Waals surface area contributed by atoms with Gasteiger partial charge in [-0.05, 0) is 12.1 Å². The van der Waals surface area contributed by atoms with Crippen LogP contribution in [-0.2, 0) is 14.8 Å². The van der Waals surface area contributed by atoms with E-state index >= 15 is 0 Å². The van der Waals surface area contributed by atoms with Crippen LogP contribution in [0.15, 0.2) is 35.2 Å². The van der Waals surface area contributed by atoms with Crippen molar-refractivity contribution in [3.05, 3.63) is 40.4 Å². The number of rotatable bonds is 4. The molecule has 1 fully saturated rings. The van der Waals surface area contributed by atoms with Gasteiger partial charge in [0, 0.05) is 11.3 Å². The molecule has 8 nitrogen and oxygen atoms in total. The molecular weight excluding hydrogens is 288 g/mol.